The molecule has 1 N–H and O–H groups in total. The molecule has 0 spiro atoms. The van der Waals surface area contributed by atoms with Crippen molar-refractivity contribution in [2.24, 2.45) is 0 Å². The van der Waals surface area contributed by atoms with Gasteiger partial charge in [0.15, 0.2) is 5.58 Å². The van der Waals surface area contributed by atoms with Crippen LogP contribution in [-0.4, -0.2) is 30.2 Å². The third-order valence-corrected chi connectivity index (χ3v) is 4.25. The Morgan fingerprint density at radius 3 is 3.39 bits per heavy atom. The highest BCUT2D eigenvalue weighted by Gasteiger charge is 2.35. The predicted octanol–water partition coefficient (Wildman–Crippen LogP) is 2.16. The summed E-state index contributed by atoms with van der Waals surface area (Å²) >= 11 is 0. The predicted molar refractivity (Wildman–Crippen MR) is 70.8 cm³/mol. The Hall–Kier alpha value is -1.55. The number of aromatic nitrogens is 1. The molecule has 2 aromatic heterocycles. The van der Waals surface area contributed by atoms with Crippen molar-refractivity contribution in [1.82, 2.24) is 10.3 Å². The number of anilines is 1. The number of hydrogen-bond donors (Lipinski definition) is 1. The molecule has 0 saturated carbocycles. The molecule has 2 atom stereocenters. The lowest BCUT2D eigenvalue weighted by atomic mass is 9.97. The molecule has 4 rings (SSSR count). The molecular weight excluding hydrogens is 226 g/mol. The zero-order chi connectivity index (χ0) is 11.9. The van der Waals surface area contributed by atoms with Crippen LogP contribution in [0.5, 0.6) is 0 Å². The van der Waals surface area contributed by atoms with Crippen LogP contribution in [0.15, 0.2) is 29.0 Å². The van der Waals surface area contributed by atoms with Gasteiger partial charge in [0.25, 0.3) is 0 Å². The summed E-state index contributed by atoms with van der Waals surface area (Å²) in [5.74, 6) is 0. The smallest absolute Gasteiger partial charge is 0.154 e. The fraction of sp³-hybridized carbons (Fsp3) is 0.500. The first-order valence-electron chi connectivity index (χ1n) is 6.75. The maximum atomic E-state index is 5.46. The molecule has 0 aromatic carbocycles. The molecule has 2 aromatic rings. The van der Waals surface area contributed by atoms with Gasteiger partial charge in [-0.15, -0.1) is 0 Å². The van der Waals surface area contributed by atoms with Crippen LogP contribution < -0.4 is 10.2 Å². The van der Waals surface area contributed by atoms with Crippen molar-refractivity contribution in [2.75, 3.05) is 18.0 Å². The number of nitrogens with one attached hydrogen (secondary N) is 1. The van der Waals surface area contributed by atoms with Crippen LogP contribution >= 0.6 is 0 Å². The summed E-state index contributed by atoms with van der Waals surface area (Å²) in [6, 6.07) is 5.33. The second-order valence-electron chi connectivity index (χ2n) is 5.25. The Kier molecular flexibility index (Phi) is 2.30. The van der Waals surface area contributed by atoms with E-state index in [4.69, 9.17) is 4.42 Å². The second-order valence-corrected chi connectivity index (χ2v) is 5.25. The van der Waals surface area contributed by atoms with Gasteiger partial charge in [-0.05, 0) is 25.8 Å². The van der Waals surface area contributed by atoms with Crippen molar-refractivity contribution < 1.29 is 4.42 Å². The van der Waals surface area contributed by atoms with E-state index in [1.54, 1.807) is 6.26 Å². The number of furan rings is 1. The van der Waals surface area contributed by atoms with Gasteiger partial charge in [0.05, 0.1) is 18.1 Å². The number of piperidine rings is 1. The molecule has 2 saturated heterocycles. The average molecular weight is 243 g/mol. The lowest BCUT2D eigenvalue weighted by Crippen LogP contribution is -2.48. The fourth-order valence-electron chi connectivity index (χ4n) is 3.38. The highest BCUT2D eigenvalue weighted by atomic mass is 16.3. The Morgan fingerprint density at radius 2 is 2.39 bits per heavy atom. The molecule has 0 aliphatic carbocycles. The Morgan fingerprint density at radius 1 is 1.39 bits per heavy atom. The molecule has 4 nitrogen and oxygen atoms in total. The second kappa shape index (κ2) is 3.99. The van der Waals surface area contributed by atoms with E-state index in [0.717, 1.165) is 24.2 Å². The summed E-state index contributed by atoms with van der Waals surface area (Å²) in [6.07, 6.45) is 7.49. The van der Waals surface area contributed by atoms with Crippen molar-refractivity contribution in [2.45, 2.75) is 31.3 Å². The number of pyridine rings is 1. The Labute approximate surface area is 106 Å². The van der Waals surface area contributed by atoms with Gasteiger partial charge in [-0.2, -0.15) is 0 Å². The summed E-state index contributed by atoms with van der Waals surface area (Å²) < 4.78 is 5.46. The summed E-state index contributed by atoms with van der Waals surface area (Å²) in [6.45, 7) is 2.28. The topological polar surface area (TPSA) is 41.3 Å². The van der Waals surface area contributed by atoms with Crippen LogP contribution in [0.4, 0.5) is 5.69 Å². The number of rotatable bonds is 1. The third kappa shape index (κ3) is 1.52. The first kappa shape index (κ1) is 10.4. The van der Waals surface area contributed by atoms with Crippen LogP contribution in [-0.2, 0) is 0 Å². The van der Waals surface area contributed by atoms with E-state index < -0.39 is 0 Å². The number of hydrogen-bond acceptors (Lipinski definition) is 4. The van der Waals surface area contributed by atoms with E-state index in [1.807, 2.05) is 12.3 Å². The van der Waals surface area contributed by atoms with E-state index in [1.165, 1.54) is 24.9 Å². The van der Waals surface area contributed by atoms with Gasteiger partial charge < -0.3 is 14.6 Å². The summed E-state index contributed by atoms with van der Waals surface area (Å²) in [7, 11) is 0. The van der Waals surface area contributed by atoms with E-state index in [9.17, 15) is 0 Å². The molecule has 0 radical (unpaired) electrons. The zero-order valence-corrected chi connectivity index (χ0v) is 10.3. The molecule has 4 heterocycles. The SMILES string of the molecule is c1cc2ncc(N3CCC[C@H]4NCC[C@H]43)cc2o1. The van der Waals surface area contributed by atoms with Crippen molar-refractivity contribution in [3.8, 4) is 0 Å². The molecule has 2 aliphatic rings. The minimum absolute atomic E-state index is 0.632. The van der Waals surface area contributed by atoms with Crippen LogP contribution in [0.3, 0.4) is 0 Å². The van der Waals surface area contributed by atoms with Crippen LogP contribution in [0.1, 0.15) is 19.3 Å². The summed E-state index contributed by atoms with van der Waals surface area (Å²) in [5, 5.41) is 3.60. The molecule has 2 aliphatic heterocycles. The standard InChI is InChI=1S/C14H17N3O/c1-2-11-13(3-5-15-11)17(6-1)10-8-14-12(16-9-10)4-7-18-14/h4,7-9,11,13,15H,1-3,5-6H2/t11-,13-/m1/s1. The largest absolute Gasteiger partial charge is 0.463 e. The molecular formula is C14H17N3O. The normalized spacial score (nSPS) is 27.7. The summed E-state index contributed by atoms with van der Waals surface area (Å²) in [5.41, 5.74) is 3.04. The number of nitrogens with zero attached hydrogens (tertiary/aromatic N) is 2. The minimum Gasteiger partial charge on any atom is -0.463 e. The van der Waals surface area contributed by atoms with E-state index in [-0.39, 0.29) is 0 Å². The number of fused-ring (bicyclic) bond motifs is 2. The van der Waals surface area contributed by atoms with Gasteiger partial charge in [0, 0.05) is 30.8 Å². The highest BCUT2D eigenvalue weighted by Crippen LogP contribution is 2.30. The average Bonchev–Trinajstić information content (AvgIpc) is 3.05. The van der Waals surface area contributed by atoms with Gasteiger partial charge in [0.2, 0.25) is 0 Å². The quantitative estimate of drug-likeness (QED) is 0.833. The third-order valence-electron chi connectivity index (χ3n) is 4.25. The maximum Gasteiger partial charge on any atom is 0.154 e. The van der Waals surface area contributed by atoms with Crippen molar-refractivity contribution in [1.29, 1.82) is 0 Å². The maximum absolute atomic E-state index is 5.46. The van der Waals surface area contributed by atoms with Crippen LogP contribution in [0.2, 0.25) is 0 Å². The fourth-order valence-corrected chi connectivity index (χ4v) is 3.38. The first-order valence-corrected chi connectivity index (χ1v) is 6.75. The highest BCUT2D eigenvalue weighted by molar-refractivity contribution is 5.76. The molecule has 94 valence electrons. The van der Waals surface area contributed by atoms with E-state index in [2.05, 4.69) is 21.3 Å². The van der Waals surface area contributed by atoms with Crippen molar-refractivity contribution >= 4 is 16.8 Å². The Balaban J connectivity index is 1.72. The zero-order valence-electron chi connectivity index (χ0n) is 10.3. The van der Waals surface area contributed by atoms with Gasteiger partial charge in [0.1, 0.15) is 5.52 Å². The van der Waals surface area contributed by atoms with E-state index in [0.29, 0.717) is 12.1 Å². The molecule has 0 amide bonds. The van der Waals surface area contributed by atoms with Gasteiger partial charge in [-0.3, -0.25) is 4.98 Å². The molecule has 4 heteroatoms. The minimum atomic E-state index is 0.632. The van der Waals surface area contributed by atoms with Crippen LogP contribution in [0, 0.1) is 0 Å². The monoisotopic (exact) mass is 243 g/mol. The lowest BCUT2D eigenvalue weighted by molar-refractivity contribution is 0.412. The molecule has 18 heavy (non-hydrogen) atoms. The van der Waals surface area contributed by atoms with Gasteiger partial charge >= 0.3 is 0 Å². The lowest BCUT2D eigenvalue weighted by Gasteiger charge is -2.38. The van der Waals surface area contributed by atoms with Gasteiger partial charge in [-0.25, -0.2) is 0 Å². The molecule has 0 bridgehead atoms. The Bertz CT molecular complexity index is 565. The molecule has 2 fully saturated rings. The van der Waals surface area contributed by atoms with E-state index >= 15 is 0 Å². The van der Waals surface area contributed by atoms with Crippen LogP contribution in [0.25, 0.3) is 11.1 Å². The van der Waals surface area contributed by atoms with Gasteiger partial charge in [-0.1, -0.05) is 0 Å². The molecule has 0 unspecified atom stereocenters. The van der Waals surface area contributed by atoms with Crippen molar-refractivity contribution in [3.63, 3.8) is 0 Å². The van der Waals surface area contributed by atoms with Crippen molar-refractivity contribution in [3.05, 3.63) is 24.6 Å². The summed E-state index contributed by atoms with van der Waals surface area (Å²) in [4.78, 5) is 6.98. The first-order chi connectivity index (χ1) is 8.92.